The number of hydrogen-bond donors (Lipinski definition) is 7. The number of nitrogens with one attached hydrogen (secondary N) is 5. The van der Waals surface area contributed by atoms with Crippen LogP contribution in [-0.2, 0) is 17.6 Å². The van der Waals surface area contributed by atoms with E-state index in [1.165, 1.54) is 55.3 Å². The van der Waals surface area contributed by atoms with E-state index in [0.29, 0.717) is 34.5 Å². The van der Waals surface area contributed by atoms with E-state index >= 15 is 0 Å². The highest BCUT2D eigenvalue weighted by Gasteiger charge is 2.22. The number of ketones is 1. The number of aromatic amines is 4. The largest absolute Gasteiger partial charge is 0.397 e. The predicted octanol–water partition coefficient (Wildman–Crippen LogP) is 7.60. The number of anilines is 2. The summed E-state index contributed by atoms with van der Waals surface area (Å²) in [4.78, 5) is 63.8. The molecule has 2 saturated heterocycles. The lowest BCUT2D eigenvalue weighted by atomic mass is 10.0. The highest BCUT2D eigenvalue weighted by Crippen LogP contribution is 2.32. The zero-order valence-electron chi connectivity index (χ0n) is 40.2. The number of piperidine rings is 2. The molecule has 370 valence electrons. The van der Waals surface area contributed by atoms with Gasteiger partial charge in [-0.3, -0.25) is 14.4 Å². The van der Waals surface area contributed by atoms with Crippen LogP contribution in [0.3, 0.4) is 0 Å². The number of nitrogens with zero attached hydrogens (tertiary/aromatic N) is 5. The van der Waals surface area contributed by atoms with Crippen LogP contribution in [0.5, 0.6) is 0 Å². The van der Waals surface area contributed by atoms with Gasteiger partial charge in [0.15, 0.2) is 0 Å². The second-order valence-corrected chi connectivity index (χ2v) is 18.4. The van der Waals surface area contributed by atoms with Crippen LogP contribution in [0.25, 0.3) is 66.6 Å². The van der Waals surface area contributed by atoms with E-state index in [2.05, 4.69) is 76.1 Å². The summed E-state index contributed by atoms with van der Waals surface area (Å²) in [5, 5.41) is 3.53. The van der Waals surface area contributed by atoms with Gasteiger partial charge in [-0.1, -0.05) is 24.3 Å². The first-order valence-corrected chi connectivity index (χ1v) is 23.7. The topological polar surface area (TPSA) is 214 Å². The molecule has 0 radical (unpaired) electrons. The van der Waals surface area contributed by atoms with Gasteiger partial charge in [0.1, 0.15) is 40.2 Å². The van der Waals surface area contributed by atoms with Crippen molar-refractivity contribution in [3.63, 3.8) is 0 Å². The summed E-state index contributed by atoms with van der Waals surface area (Å²) in [6.45, 7) is 6.27. The molecule has 0 unspecified atom stereocenters. The zero-order valence-corrected chi connectivity index (χ0v) is 42.5. The fourth-order valence-corrected chi connectivity index (χ4v) is 9.29. The SMILES string of the molecule is CN1CCC(=O)CC1.CN1CCC(N(C)CCCc2ccc3nc(-c4c(N)c5c(F)cccc5[nH]c4=O)[nH]c3c2)CC1.CNCCCc1ccc2nc(-c3c(N)c4c(F)cccc4[nH]c3=O)[nH]c2c1.I. The van der Waals surface area contributed by atoms with Gasteiger partial charge in [0.25, 0.3) is 11.1 Å². The molecule has 4 aromatic carbocycles. The van der Waals surface area contributed by atoms with E-state index in [0.717, 1.165) is 86.8 Å². The molecule has 18 heteroatoms. The number of benzene rings is 4. The number of imidazole rings is 2. The Hall–Kier alpha value is -6.06. The number of likely N-dealkylation sites (tertiary alicyclic amines) is 2. The number of nitrogen functional groups attached to an aromatic ring is 2. The van der Waals surface area contributed by atoms with Gasteiger partial charge >= 0.3 is 0 Å². The maximum absolute atomic E-state index is 14.4. The lowest BCUT2D eigenvalue weighted by molar-refractivity contribution is -0.121. The maximum Gasteiger partial charge on any atom is 0.261 e. The number of carbonyl (C=O) groups is 1. The van der Waals surface area contributed by atoms with Gasteiger partial charge in [0, 0.05) is 32.0 Å². The highest BCUT2D eigenvalue weighted by atomic mass is 127. The van der Waals surface area contributed by atoms with Crippen molar-refractivity contribution >= 4 is 85.0 Å². The number of pyridine rings is 2. The molecule has 4 aromatic heterocycles. The van der Waals surface area contributed by atoms with Crippen molar-refractivity contribution in [3.8, 4) is 22.8 Å². The number of H-pyrrole nitrogens is 4. The summed E-state index contributed by atoms with van der Waals surface area (Å²) < 4.78 is 28.6. The van der Waals surface area contributed by atoms with Gasteiger partial charge in [0.2, 0.25) is 0 Å². The fourth-order valence-electron chi connectivity index (χ4n) is 9.29. The Bertz CT molecular complexity index is 3220. The fraction of sp³-hybridized carbons (Fsp3) is 0.365. The van der Waals surface area contributed by atoms with Crippen LogP contribution in [-0.4, -0.2) is 124 Å². The lowest BCUT2D eigenvalue weighted by Crippen LogP contribution is -2.42. The quantitative estimate of drug-likeness (QED) is 0.0495. The van der Waals surface area contributed by atoms with Crippen molar-refractivity contribution in [3.05, 3.63) is 116 Å². The van der Waals surface area contributed by atoms with E-state index < -0.39 is 22.8 Å². The molecule has 2 fully saturated rings. The van der Waals surface area contributed by atoms with Crippen molar-refractivity contribution in [2.75, 3.05) is 78.9 Å². The number of aryl methyl sites for hydroxylation is 2. The Morgan fingerprint density at radius 2 is 1.14 bits per heavy atom. The lowest BCUT2D eigenvalue weighted by Gasteiger charge is -2.35. The summed E-state index contributed by atoms with van der Waals surface area (Å²) in [6, 6.07) is 21.7. The van der Waals surface area contributed by atoms with E-state index in [-0.39, 0.29) is 57.3 Å². The third kappa shape index (κ3) is 11.9. The van der Waals surface area contributed by atoms with E-state index in [1.807, 2.05) is 38.4 Å². The molecule has 9 N–H and O–H groups in total. The average Bonchev–Trinajstić information content (AvgIpc) is 3.94. The average molecular weight is 1070 g/mol. The first kappa shape index (κ1) is 51.8. The summed E-state index contributed by atoms with van der Waals surface area (Å²) in [5.74, 6) is 0.143. The molecular weight excluding hydrogens is 1010 g/mol. The number of fused-ring (bicyclic) bond motifs is 4. The molecule has 6 heterocycles. The Kier molecular flexibility index (Phi) is 17.2. The Morgan fingerprint density at radius 1 is 0.671 bits per heavy atom. The maximum atomic E-state index is 14.4. The minimum atomic E-state index is -0.481. The zero-order chi connectivity index (χ0) is 48.8. The van der Waals surface area contributed by atoms with Crippen LogP contribution < -0.4 is 27.9 Å². The van der Waals surface area contributed by atoms with Crippen LogP contribution in [0.2, 0.25) is 0 Å². The van der Waals surface area contributed by atoms with Crippen molar-refractivity contribution in [1.29, 1.82) is 0 Å². The van der Waals surface area contributed by atoms with Crippen molar-refractivity contribution in [2.45, 2.75) is 57.4 Å². The van der Waals surface area contributed by atoms with Crippen LogP contribution in [0.1, 0.15) is 49.7 Å². The van der Waals surface area contributed by atoms with Crippen LogP contribution in [0.15, 0.2) is 82.4 Å². The first-order valence-electron chi connectivity index (χ1n) is 23.7. The van der Waals surface area contributed by atoms with Gasteiger partial charge in [-0.2, -0.15) is 0 Å². The number of Topliss-reactive ketones (excluding diaryl/α,β-unsaturated/α-hetero) is 1. The summed E-state index contributed by atoms with van der Waals surface area (Å²) in [6.07, 6.45) is 7.99. The monoisotopic (exact) mass is 1070 g/mol. The number of carbonyl (C=O) groups excluding carboxylic acids is 1. The summed E-state index contributed by atoms with van der Waals surface area (Å²) in [5.41, 5.74) is 18.3. The minimum Gasteiger partial charge on any atom is -0.397 e. The third-order valence-corrected chi connectivity index (χ3v) is 13.3. The second kappa shape index (κ2) is 23.2. The minimum absolute atomic E-state index is 0. The van der Waals surface area contributed by atoms with Gasteiger partial charge < -0.3 is 51.4 Å². The normalized spacial score (nSPS) is 14.8. The molecule has 2 aliphatic rings. The summed E-state index contributed by atoms with van der Waals surface area (Å²) >= 11 is 0. The standard InChI is InChI=1S/C26H31FN6O.C20H20FN5O.C6H11NO.HI/c1-32-13-10-17(11-14-32)33(2)12-4-5-16-8-9-19-21(15-16)30-25(29-19)23-24(28)22-18(27)6-3-7-20(22)31-26(23)34;1-23-9-3-4-11-7-8-13-15(10-11)25-19(24-13)17-18(22)16-12(21)5-2-6-14(16)26-20(17)27;1-7-4-2-6(8)3-5-7;/h3,6-9,15,17H,4-5,10-14H2,1-2H3,(H,29,30)(H3,28,31,34);2,5-8,10,23H,3-4,9H2,1H3,(H,24,25)(H3,22,26,27);2-5H2,1H3;1H. The second-order valence-electron chi connectivity index (χ2n) is 18.4. The van der Waals surface area contributed by atoms with E-state index in [1.54, 1.807) is 18.2 Å². The van der Waals surface area contributed by atoms with Crippen molar-refractivity contribution < 1.29 is 13.6 Å². The third-order valence-electron chi connectivity index (χ3n) is 13.3. The Balaban J connectivity index is 0.000000179. The van der Waals surface area contributed by atoms with Gasteiger partial charge in [-0.15, -0.1) is 24.0 Å². The van der Waals surface area contributed by atoms with Crippen LogP contribution >= 0.6 is 24.0 Å². The van der Waals surface area contributed by atoms with E-state index in [9.17, 15) is 23.2 Å². The molecule has 15 nitrogen and oxygen atoms in total. The molecule has 0 saturated carbocycles. The predicted molar refractivity (Wildman–Crippen MR) is 289 cm³/mol. The molecule has 8 aromatic rings. The molecule has 70 heavy (non-hydrogen) atoms. The number of halogens is 3. The number of hydrogen-bond acceptors (Lipinski definition) is 11. The molecule has 10 rings (SSSR count). The van der Waals surface area contributed by atoms with Crippen LogP contribution in [0, 0.1) is 11.6 Å². The van der Waals surface area contributed by atoms with E-state index in [4.69, 9.17) is 11.5 Å². The Morgan fingerprint density at radius 3 is 1.61 bits per heavy atom. The van der Waals surface area contributed by atoms with Gasteiger partial charge in [-0.25, -0.2) is 18.7 Å². The van der Waals surface area contributed by atoms with Crippen molar-refractivity contribution in [2.24, 2.45) is 0 Å². The number of rotatable bonds is 11. The van der Waals surface area contributed by atoms with Crippen LogP contribution in [0.4, 0.5) is 20.2 Å². The smallest absolute Gasteiger partial charge is 0.261 e. The molecule has 0 aliphatic carbocycles. The molecule has 2 aliphatic heterocycles. The van der Waals surface area contributed by atoms with Gasteiger partial charge in [-0.05, 0) is 153 Å². The molecule has 0 bridgehead atoms. The molecule has 0 atom stereocenters. The number of aromatic nitrogens is 6. The molecule has 0 spiro atoms. The highest BCUT2D eigenvalue weighted by molar-refractivity contribution is 14.0. The molecular formula is C52H63F2IN12O3. The van der Waals surface area contributed by atoms with Gasteiger partial charge in [0.05, 0.1) is 55.2 Å². The molecule has 0 amide bonds. The summed E-state index contributed by atoms with van der Waals surface area (Å²) in [7, 11) is 8.40. The van der Waals surface area contributed by atoms with Crippen molar-refractivity contribution in [1.82, 2.24) is 49.9 Å². The first-order chi connectivity index (χ1) is 33.3. The number of nitrogens with two attached hydrogens (primary N) is 2. The Labute approximate surface area is 421 Å².